The molecule has 3 aromatic rings. The standard InChI is InChI=1S/C27H26N4O/c1-30(2)26-24(21-16-10-5-11-17-21)29-23(20-14-8-4-9-15-20)25-28-22(27(32)31(25)26)18-19-12-6-3-7-13-19/h3-17,22-23,26H,18H2,1-2H3. The van der Waals surface area contributed by atoms with E-state index in [2.05, 4.69) is 36.4 Å². The van der Waals surface area contributed by atoms with Crippen molar-refractivity contribution in [2.75, 3.05) is 14.1 Å². The number of hydrogen-bond donors (Lipinski definition) is 0. The van der Waals surface area contributed by atoms with Crippen molar-refractivity contribution in [3.63, 3.8) is 0 Å². The number of carbonyl (C=O) groups is 1. The van der Waals surface area contributed by atoms with Crippen molar-refractivity contribution in [1.29, 1.82) is 0 Å². The van der Waals surface area contributed by atoms with Crippen LogP contribution in [0.2, 0.25) is 0 Å². The summed E-state index contributed by atoms with van der Waals surface area (Å²) in [4.78, 5) is 27.8. The van der Waals surface area contributed by atoms with Gasteiger partial charge in [0.2, 0.25) is 0 Å². The summed E-state index contributed by atoms with van der Waals surface area (Å²) in [7, 11) is 3.97. The molecular weight excluding hydrogens is 396 g/mol. The molecule has 0 saturated carbocycles. The second kappa shape index (κ2) is 8.52. The zero-order valence-corrected chi connectivity index (χ0v) is 18.3. The first-order valence-electron chi connectivity index (χ1n) is 10.9. The first kappa shape index (κ1) is 20.3. The molecule has 3 aromatic carbocycles. The number of benzene rings is 3. The molecule has 0 aliphatic carbocycles. The number of hydrogen-bond acceptors (Lipinski definition) is 4. The summed E-state index contributed by atoms with van der Waals surface area (Å²) in [6, 6.07) is 29.6. The van der Waals surface area contributed by atoms with Crippen LogP contribution in [0.1, 0.15) is 22.7 Å². The van der Waals surface area contributed by atoms with Crippen molar-refractivity contribution in [2.45, 2.75) is 24.7 Å². The molecule has 0 N–H and O–H groups in total. The van der Waals surface area contributed by atoms with Crippen molar-refractivity contribution in [3.8, 4) is 0 Å². The molecular formula is C27H26N4O. The minimum Gasteiger partial charge on any atom is -0.284 e. The molecule has 0 fully saturated rings. The van der Waals surface area contributed by atoms with Gasteiger partial charge in [-0.25, -0.2) is 0 Å². The van der Waals surface area contributed by atoms with E-state index < -0.39 is 6.04 Å². The van der Waals surface area contributed by atoms with Gasteiger partial charge in [-0.05, 0) is 30.8 Å². The van der Waals surface area contributed by atoms with E-state index in [0.717, 1.165) is 28.2 Å². The molecule has 5 nitrogen and oxygen atoms in total. The Kier molecular flexibility index (Phi) is 5.41. The van der Waals surface area contributed by atoms with Gasteiger partial charge in [-0.1, -0.05) is 91.0 Å². The Balaban J connectivity index is 1.62. The molecule has 3 atom stereocenters. The van der Waals surface area contributed by atoms with Gasteiger partial charge in [-0.2, -0.15) is 0 Å². The van der Waals surface area contributed by atoms with Crippen LogP contribution >= 0.6 is 0 Å². The van der Waals surface area contributed by atoms with Crippen LogP contribution in [0.3, 0.4) is 0 Å². The summed E-state index contributed by atoms with van der Waals surface area (Å²) in [6.45, 7) is 0. The van der Waals surface area contributed by atoms with Gasteiger partial charge >= 0.3 is 0 Å². The number of nitrogens with zero attached hydrogens (tertiary/aromatic N) is 4. The van der Waals surface area contributed by atoms with Crippen LogP contribution in [0.25, 0.3) is 0 Å². The summed E-state index contributed by atoms with van der Waals surface area (Å²) in [6.07, 6.45) is 0.284. The van der Waals surface area contributed by atoms with E-state index in [1.54, 1.807) is 0 Å². The van der Waals surface area contributed by atoms with Crippen LogP contribution < -0.4 is 0 Å². The highest BCUT2D eigenvalue weighted by atomic mass is 16.2. The first-order chi connectivity index (χ1) is 15.6. The third kappa shape index (κ3) is 3.65. The van der Waals surface area contributed by atoms with Crippen LogP contribution in [-0.4, -0.2) is 53.6 Å². The molecule has 160 valence electrons. The van der Waals surface area contributed by atoms with Gasteiger partial charge in [-0.3, -0.25) is 24.6 Å². The Labute approximate surface area is 188 Å². The largest absolute Gasteiger partial charge is 0.284 e. The van der Waals surface area contributed by atoms with Gasteiger partial charge in [0.15, 0.2) is 0 Å². The number of rotatable bonds is 5. The van der Waals surface area contributed by atoms with E-state index in [1.807, 2.05) is 78.5 Å². The predicted octanol–water partition coefficient (Wildman–Crippen LogP) is 3.97. The van der Waals surface area contributed by atoms with E-state index in [4.69, 9.17) is 9.98 Å². The van der Waals surface area contributed by atoms with Crippen LogP contribution in [0.4, 0.5) is 0 Å². The Bertz CT molecular complexity index is 1160. The summed E-state index contributed by atoms with van der Waals surface area (Å²) in [5.41, 5.74) is 4.05. The molecule has 0 bridgehead atoms. The fraction of sp³-hybridized carbons (Fsp3) is 0.222. The lowest BCUT2D eigenvalue weighted by Crippen LogP contribution is -2.58. The minimum absolute atomic E-state index is 0.0341. The topological polar surface area (TPSA) is 48.3 Å². The van der Waals surface area contributed by atoms with Crippen molar-refractivity contribution in [2.24, 2.45) is 9.98 Å². The van der Waals surface area contributed by atoms with Gasteiger partial charge in [0.1, 0.15) is 24.1 Å². The summed E-state index contributed by atoms with van der Waals surface area (Å²) >= 11 is 0. The Morgan fingerprint density at radius 3 is 2.03 bits per heavy atom. The molecule has 2 aliphatic heterocycles. The molecule has 0 aromatic heterocycles. The van der Waals surface area contributed by atoms with E-state index in [0.29, 0.717) is 6.42 Å². The number of amidine groups is 1. The Morgan fingerprint density at radius 1 is 0.812 bits per heavy atom. The first-order valence-corrected chi connectivity index (χ1v) is 10.9. The van der Waals surface area contributed by atoms with Crippen molar-refractivity contribution < 1.29 is 4.79 Å². The average Bonchev–Trinajstić information content (AvgIpc) is 3.15. The Morgan fingerprint density at radius 2 is 1.41 bits per heavy atom. The van der Waals surface area contributed by atoms with Crippen LogP contribution in [0.5, 0.6) is 0 Å². The lowest BCUT2D eigenvalue weighted by atomic mass is 9.98. The van der Waals surface area contributed by atoms with Crippen molar-refractivity contribution >= 4 is 17.5 Å². The fourth-order valence-electron chi connectivity index (χ4n) is 4.52. The molecule has 3 unspecified atom stereocenters. The second-order valence-electron chi connectivity index (χ2n) is 8.43. The van der Waals surface area contributed by atoms with Crippen LogP contribution in [-0.2, 0) is 11.2 Å². The zero-order valence-electron chi connectivity index (χ0n) is 18.3. The predicted molar refractivity (Wildman–Crippen MR) is 128 cm³/mol. The number of likely N-dealkylation sites (N-methyl/N-ethyl adjacent to an activating group) is 1. The van der Waals surface area contributed by atoms with Crippen molar-refractivity contribution in [1.82, 2.24) is 9.80 Å². The molecule has 32 heavy (non-hydrogen) atoms. The quantitative estimate of drug-likeness (QED) is 0.625. The molecule has 0 saturated heterocycles. The maximum atomic E-state index is 13.7. The highest BCUT2D eigenvalue weighted by Gasteiger charge is 2.47. The van der Waals surface area contributed by atoms with Gasteiger partial charge in [0.05, 0.1) is 5.71 Å². The van der Waals surface area contributed by atoms with E-state index in [9.17, 15) is 4.79 Å². The summed E-state index contributed by atoms with van der Waals surface area (Å²) < 4.78 is 0. The number of aliphatic imine (C=N–C) groups is 2. The smallest absolute Gasteiger partial charge is 0.254 e. The second-order valence-corrected chi connectivity index (χ2v) is 8.43. The lowest BCUT2D eigenvalue weighted by molar-refractivity contribution is -0.129. The monoisotopic (exact) mass is 422 g/mol. The van der Waals surface area contributed by atoms with Gasteiger partial charge in [0.25, 0.3) is 5.91 Å². The minimum atomic E-state index is -0.439. The lowest BCUT2D eigenvalue weighted by Gasteiger charge is -2.40. The maximum absolute atomic E-state index is 13.7. The normalized spacial score (nSPS) is 22.5. The van der Waals surface area contributed by atoms with E-state index in [-0.39, 0.29) is 18.1 Å². The number of amides is 1. The average molecular weight is 423 g/mol. The number of carbonyl (C=O) groups excluding carboxylic acids is 1. The highest BCUT2D eigenvalue weighted by molar-refractivity contribution is 6.18. The SMILES string of the molecule is CN(C)C1C(c2ccccc2)=NC(c2ccccc2)C2=NC(Cc3ccccc3)C(=O)N21. The summed E-state index contributed by atoms with van der Waals surface area (Å²) in [5.74, 6) is 0.771. The molecule has 2 aliphatic rings. The molecule has 1 amide bonds. The van der Waals surface area contributed by atoms with Gasteiger partial charge in [-0.15, -0.1) is 0 Å². The molecule has 5 rings (SSSR count). The molecule has 2 heterocycles. The third-order valence-electron chi connectivity index (χ3n) is 6.01. The molecule has 0 spiro atoms. The fourth-order valence-corrected chi connectivity index (χ4v) is 4.52. The van der Waals surface area contributed by atoms with Gasteiger partial charge in [0, 0.05) is 6.42 Å². The van der Waals surface area contributed by atoms with E-state index >= 15 is 0 Å². The molecule has 5 heteroatoms. The highest BCUT2D eigenvalue weighted by Crippen LogP contribution is 2.35. The summed E-state index contributed by atoms with van der Waals surface area (Å²) in [5, 5.41) is 0. The van der Waals surface area contributed by atoms with E-state index in [1.165, 1.54) is 0 Å². The van der Waals surface area contributed by atoms with Gasteiger partial charge < -0.3 is 0 Å². The third-order valence-corrected chi connectivity index (χ3v) is 6.01. The molecule has 0 radical (unpaired) electrons. The maximum Gasteiger partial charge on any atom is 0.254 e. The number of fused-ring (bicyclic) bond motifs is 1. The zero-order chi connectivity index (χ0) is 22.1. The van der Waals surface area contributed by atoms with Crippen LogP contribution in [0.15, 0.2) is 101 Å². The Hall–Kier alpha value is -3.57. The van der Waals surface area contributed by atoms with Crippen LogP contribution in [0, 0.1) is 0 Å². The van der Waals surface area contributed by atoms with Crippen molar-refractivity contribution in [3.05, 3.63) is 108 Å².